The average molecular weight is 575 g/mol. The zero-order chi connectivity index (χ0) is 28.5. The lowest BCUT2D eigenvalue weighted by atomic mass is 9.43. The maximum absolute atomic E-state index is 2.60. The summed E-state index contributed by atoms with van der Waals surface area (Å²) in [6.07, 6.45) is 0. The molecule has 202 valence electrons. The Morgan fingerprint density at radius 2 is 1.23 bits per heavy atom. The van der Waals surface area contributed by atoms with Crippen LogP contribution in [0.4, 0.5) is 11.4 Å². The van der Waals surface area contributed by atoms with Crippen molar-refractivity contribution >= 4 is 93.2 Å². The van der Waals surface area contributed by atoms with E-state index in [1.165, 1.54) is 91.9 Å². The molecule has 4 heteroatoms. The predicted octanol–water partition coefficient (Wildman–Crippen LogP) is 9.54. The Labute approximate surface area is 258 Å². The molecule has 0 radical (unpaired) electrons. The van der Waals surface area contributed by atoms with Gasteiger partial charge in [-0.1, -0.05) is 97.1 Å². The minimum atomic E-state index is 0.0239. The summed E-state index contributed by atoms with van der Waals surface area (Å²) >= 11 is 1.91. The summed E-state index contributed by atoms with van der Waals surface area (Å²) in [6.45, 7) is 0.0239. The third kappa shape index (κ3) is 2.74. The Morgan fingerprint density at radius 3 is 2.11 bits per heavy atom. The van der Waals surface area contributed by atoms with Crippen LogP contribution >= 0.6 is 11.3 Å². The Balaban J connectivity index is 1.43. The fraction of sp³-hybridized carbons (Fsp3) is 0. The number of benzene rings is 7. The Morgan fingerprint density at radius 1 is 0.523 bits per heavy atom. The zero-order valence-corrected chi connectivity index (χ0v) is 24.5. The summed E-state index contributed by atoms with van der Waals surface area (Å²) in [6, 6.07) is 51.9. The van der Waals surface area contributed by atoms with Gasteiger partial charge in [0, 0.05) is 53.6 Å². The van der Waals surface area contributed by atoms with E-state index in [1.54, 1.807) is 0 Å². The minimum Gasteiger partial charge on any atom is -0.376 e. The van der Waals surface area contributed by atoms with Gasteiger partial charge in [0.25, 0.3) is 0 Å². The van der Waals surface area contributed by atoms with E-state index >= 15 is 0 Å². The van der Waals surface area contributed by atoms with Crippen molar-refractivity contribution in [3.63, 3.8) is 0 Å². The van der Waals surface area contributed by atoms with E-state index in [0.29, 0.717) is 0 Å². The van der Waals surface area contributed by atoms with Gasteiger partial charge >= 0.3 is 6.85 Å². The first-order chi connectivity index (χ1) is 21.9. The quantitative estimate of drug-likeness (QED) is 0.177. The molecule has 7 aromatic carbocycles. The summed E-state index contributed by atoms with van der Waals surface area (Å²) in [5.74, 6) is 0. The SMILES string of the molecule is c1ccc(N2B3c4cc5sc6ccccc6c5cc4-n4c5ccccc5c5c6ccccc6c(c3c54)-c3ccccc32)cc1. The third-order valence-corrected chi connectivity index (χ3v) is 11.1. The summed E-state index contributed by atoms with van der Waals surface area (Å²) in [5, 5.41) is 7.99. The molecule has 2 nitrogen and oxygen atoms in total. The number of nitrogens with zero attached hydrogens (tertiary/aromatic N) is 2. The maximum Gasteiger partial charge on any atom is 0.333 e. The van der Waals surface area contributed by atoms with E-state index in [9.17, 15) is 0 Å². The van der Waals surface area contributed by atoms with Gasteiger partial charge in [0.2, 0.25) is 0 Å². The number of rotatable bonds is 1. The van der Waals surface area contributed by atoms with Gasteiger partial charge in [0.15, 0.2) is 0 Å². The third-order valence-electron chi connectivity index (χ3n) is 9.93. The van der Waals surface area contributed by atoms with E-state index in [0.717, 1.165) is 0 Å². The first kappa shape index (κ1) is 23.2. The lowest BCUT2D eigenvalue weighted by Gasteiger charge is -2.42. The van der Waals surface area contributed by atoms with E-state index in [2.05, 4.69) is 149 Å². The molecule has 11 rings (SSSR count). The zero-order valence-electron chi connectivity index (χ0n) is 23.7. The lowest BCUT2D eigenvalue weighted by Crippen LogP contribution is -2.60. The van der Waals surface area contributed by atoms with Gasteiger partial charge in [-0.3, -0.25) is 0 Å². The second-order valence-electron chi connectivity index (χ2n) is 12.0. The Bertz CT molecular complexity index is 2680. The van der Waals surface area contributed by atoms with Crippen LogP contribution in [-0.2, 0) is 0 Å². The van der Waals surface area contributed by atoms with Crippen LogP contribution < -0.4 is 15.7 Å². The van der Waals surface area contributed by atoms with Crippen molar-refractivity contribution in [1.82, 2.24) is 4.57 Å². The normalized spacial score (nSPS) is 13.4. The number of fused-ring (bicyclic) bond motifs is 14. The first-order valence-corrected chi connectivity index (χ1v) is 16.1. The molecule has 0 saturated carbocycles. The molecule has 9 aromatic rings. The lowest BCUT2D eigenvalue weighted by molar-refractivity contribution is 1.19. The van der Waals surface area contributed by atoms with Crippen LogP contribution in [0.3, 0.4) is 0 Å². The van der Waals surface area contributed by atoms with Gasteiger partial charge < -0.3 is 9.38 Å². The second kappa shape index (κ2) is 8.19. The molecule has 0 atom stereocenters. The number of para-hydroxylation sites is 3. The van der Waals surface area contributed by atoms with Crippen molar-refractivity contribution < 1.29 is 0 Å². The number of hydrogen-bond donors (Lipinski definition) is 0. The number of anilines is 2. The molecule has 2 aliphatic rings. The molecule has 0 fully saturated rings. The smallest absolute Gasteiger partial charge is 0.333 e. The van der Waals surface area contributed by atoms with Crippen molar-refractivity contribution in [3.05, 3.63) is 140 Å². The fourth-order valence-electron chi connectivity index (χ4n) is 8.28. The standard InChI is InChI=1S/C40H23BN2S/c1-2-12-24(13-3-1)43-33-20-10-7-18-29(33)37-26-15-4-5-16-27(26)38-28-17-6-9-19-32(28)42-34-22-30-25-14-8-11-21-35(25)44-36(30)23-31(34)41(43)39(37)40(38)42/h1-23H. The van der Waals surface area contributed by atoms with Gasteiger partial charge in [-0.15, -0.1) is 11.3 Å². The van der Waals surface area contributed by atoms with Crippen LogP contribution in [-0.4, -0.2) is 11.4 Å². The summed E-state index contributed by atoms with van der Waals surface area (Å²) in [5.41, 5.74) is 11.8. The molecule has 0 bridgehead atoms. The van der Waals surface area contributed by atoms with E-state index in [1.807, 2.05) is 11.3 Å². The highest BCUT2D eigenvalue weighted by Crippen LogP contribution is 2.49. The fourth-order valence-corrected chi connectivity index (χ4v) is 9.42. The van der Waals surface area contributed by atoms with E-state index in [4.69, 9.17) is 0 Å². The van der Waals surface area contributed by atoms with Gasteiger partial charge in [0.05, 0.1) is 11.0 Å². The largest absolute Gasteiger partial charge is 0.376 e. The minimum absolute atomic E-state index is 0.0239. The molecule has 2 aliphatic heterocycles. The summed E-state index contributed by atoms with van der Waals surface area (Å²) in [7, 11) is 0. The topological polar surface area (TPSA) is 8.17 Å². The molecule has 2 aromatic heterocycles. The predicted molar refractivity (Wildman–Crippen MR) is 190 cm³/mol. The molecule has 0 aliphatic carbocycles. The second-order valence-corrected chi connectivity index (χ2v) is 13.1. The van der Waals surface area contributed by atoms with Gasteiger partial charge in [-0.25, -0.2) is 0 Å². The van der Waals surface area contributed by atoms with Crippen LogP contribution in [0, 0.1) is 0 Å². The molecule has 0 amide bonds. The van der Waals surface area contributed by atoms with Gasteiger partial charge in [-0.2, -0.15) is 0 Å². The number of aromatic nitrogens is 1. The van der Waals surface area contributed by atoms with E-state index < -0.39 is 0 Å². The Kier molecular flexibility index (Phi) is 4.32. The molecular formula is C40H23BN2S. The number of hydrogen-bond acceptors (Lipinski definition) is 2. The molecule has 4 heterocycles. The van der Waals surface area contributed by atoms with Crippen LogP contribution in [0.15, 0.2) is 140 Å². The van der Waals surface area contributed by atoms with Crippen LogP contribution in [0.25, 0.3) is 69.6 Å². The van der Waals surface area contributed by atoms with Crippen LogP contribution in [0.1, 0.15) is 0 Å². The van der Waals surface area contributed by atoms with Crippen LogP contribution in [0.2, 0.25) is 0 Å². The first-order valence-electron chi connectivity index (χ1n) is 15.2. The highest BCUT2D eigenvalue weighted by atomic mass is 32.1. The van der Waals surface area contributed by atoms with Crippen molar-refractivity contribution in [3.8, 4) is 16.8 Å². The van der Waals surface area contributed by atoms with Gasteiger partial charge in [-0.05, 0) is 69.7 Å². The van der Waals surface area contributed by atoms with Crippen molar-refractivity contribution in [2.24, 2.45) is 0 Å². The molecule has 0 spiro atoms. The molecule has 0 N–H and O–H groups in total. The molecule has 44 heavy (non-hydrogen) atoms. The highest BCUT2D eigenvalue weighted by molar-refractivity contribution is 7.26. The molecule has 0 saturated heterocycles. The summed E-state index contributed by atoms with van der Waals surface area (Å²) < 4.78 is 5.27. The summed E-state index contributed by atoms with van der Waals surface area (Å²) in [4.78, 5) is 2.60. The number of thiophene rings is 1. The van der Waals surface area contributed by atoms with Crippen molar-refractivity contribution in [2.75, 3.05) is 4.81 Å². The van der Waals surface area contributed by atoms with Crippen molar-refractivity contribution in [2.45, 2.75) is 0 Å². The van der Waals surface area contributed by atoms with Crippen molar-refractivity contribution in [1.29, 1.82) is 0 Å². The Hall–Kier alpha value is -5.32. The van der Waals surface area contributed by atoms with E-state index in [-0.39, 0.29) is 6.85 Å². The van der Waals surface area contributed by atoms with Gasteiger partial charge in [0.1, 0.15) is 0 Å². The monoisotopic (exact) mass is 574 g/mol. The van der Waals surface area contributed by atoms with Crippen LogP contribution in [0.5, 0.6) is 0 Å². The molecule has 0 unspecified atom stereocenters. The average Bonchev–Trinajstić information content (AvgIpc) is 3.63. The highest BCUT2D eigenvalue weighted by Gasteiger charge is 2.44. The maximum atomic E-state index is 2.60. The molecular weight excluding hydrogens is 551 g/mol.